The third-order valence-electron chi connectivity index (χ3n) is 6.18. The van der Waals surface area contributed by atoms with Crippen molar-refractivity contribution >= 4 is 17.5 Å². The standard InChI is InChI=1S/C27H30N2O5/c1-18-10-15-23(33-3)22(17-18)29(27(31)24-9-6-16-34-24)25(19-11-13-21(32-2)14-12-19)26(30)28-20-7-4-5-8-20/h6,9-17,20,25H,4-5,7-8H2,1-3H3,(H,28,30)/t25-/m0/s1. The lowest BCUT2D eigenvalue weighted by Gasteiger charge is -2.33. The van der Waals surface area contributed by atoms with E-state index in [1.165, 1.54) is 11.2 Å². The van der Waals surface area contributed by atoms with Gasteiger partial charge < -0.3 is 19.2 Å². The summed E-state index contributed by atoms with van der Waals surface area (Å²) >= 11 is 0. The molecule has 1 atom stereocenters. The van der Waals surface area contributed by atoms with E-state index in [1.54, 1.807) is 44.6 Å². The minimum absolute atomic E-state index is 0.0909. The van der Waals surface area contributed by atoms with Gasteiger partial charge in [0.1, 0.15) is 17.5 Å². The van der Waals surface area contributed by atoms with Crippen LogP contribution in [0, 0.1) is 6.92 Å². The maximum atomic E-state index is 13.8. The molecule has 1 fully saturated rings. The van der Waals surface area contributed by atoms with E-state index in [2.05, 4.69) is 5.32 Å². The van der Waals surface area contributed by atoms with Crippen molar-refractivity contribution in [2.45, 2.75) is 44.7 Å². The fourth-order valence-corrected chi connectivity index (χ4v) is 4.43. The van der Waals surface area contributed by atoms with Crippen molar-refractivity contribution in [1.29, 1.82) is 0 Å². The van der Waals surface area contributed by atoms with Crippen LogP contribution in [-0.4, -0.2) is 32.1 Å². The molecule has 3 aromatic rings. The Kier molecular flexibility index (Phi) is 7.21. The highest BCUT2D eigenvalue weighted by molar-refractivity contribution is 6.09. The number of carbonyl (C=O) groups excluding carboxylic acids is 2. The van der Waals surface area contributed by atoms with Crippen LogP contribution >= 0.6 is 0 Å². The predicted octanol–water partition coefficient (Wildman–Crippen LogP) is 5.05. The predicted molar refractivity (Wildman–Crippen MR) is 129 cm³/mol. The molecule has 0 saturated heterocycles. The normalized spacial score (nSPS) is 14.4. The number of anilines is 1. The topological polar surface area (TPSA) is 81.0 Å². The number of carbonyl (C=O) groups is 2. The number of amides is 2. The summed E-state index contributed by atoms with van der Waals surface area (Å²) in [6.45, 7) is 1.93. The van der Waals surface area contributed by atoms with Crippen molar-refractivity contribution < 1.29 is 23.5 Å². The van der Waals surface area contributed by atoms with Crippen LogP contribution in [0.1, 0.15) is 53.4 Å². The first-order valence-electron chi connectivity index (χ1n) is 11.5. The Morgan fingerprint density at radius 3 is 2.38 bits per heavy atom. The highest BCUT2D eigenvalue weighted by Gasteiger charge is 2.37. The molecule has 0 spiro atoms. The minimum Gasteiger partial charge on any atom is -0.497 e. The average molecular weight is 463 g/mol. The molecule has 178 valence electrons. The second kappa shape index (κ2) is 10.5. The van der Waals surface area contributed by atoms with Crippen molar-refractivity contribution in [3.63, 3.8) is 0 Å². The second-order valence-corrected chi connectivity index (χ2v) is 8.49. The molecular formula is C27H30N2O5. The first-order valence-corrected chi connectivity index (χ1v) is 11.5. The number of methoxy groups -OCH3 is 2. The molecule has 1 heterocycles. The molecule has 0 radical (unpaired) electrons. The lowest BCUT2D eigenvalue weighted by molar-refractivity contribution is -0.123. The summed E-state index contributed by atoms with van der Waals surface area (Å²) in [5, 5.41) is 3.17. The second-order valence-electron chi connectivity index (χ2n) is 8.49. The molecule has 0 unspecified atom stereocenters. The number of hydrogen-bond donors (Lipinski definition) is 1. The zero-order valence-electron chi connectivity index (χ0n) is 19.7. The number of benzene rings is 2. The minimum atomic E-state index is -0.945. The summed E-state index contributed by atoms with van der Waals surface area (Å²) in [5.41, 5.74) is 2.07. The third kappa shape index (κ3) is 4.93. The molecule has 1 aliphatic carbocycles. The Bertz CT molecular complexity index is 1120. The van der Waals surface area contributed by atoms with E-state index in [9.17, 15) is 9.59 Å². The first kappa shape index (κ1) is 23.4. The summed E-state index contributed by atoms with van der Waals surface area (Å²) in [4.78, 5) is 29.1. The van der Waals surface area contributed by atoms with Gasteiger partial charge in [0.25, 0.3) is 5.91 Å². The molecule has 1 aliphatic rings. The van der Waals surface area contributed by atoms with Gasteiger partial charge in [-0.3, -0.25) is 14.5 Å². The number of ether oxygens (including phenoxy) is 2. The zero-order valence-corrected chi connectivity index (χ0v) is 19.7. The molecule has 0 aliphatic heterocycles. The monoisotopic (exact) mass is 462 g/mol. The molecule has 2 aromatic carbocycles. The van der Waals surface area contributed by atoms with Crippen LogP contribution in [0.15, 0.2) is 65.3 Å². The molecule has 1 aromatic heterocycles. The van der Waals surface area contributed by atoms with Gasteiger partial charge in [0.05, 0.1) is 26.2 Å². The maximum Gasteiger partial charge on any atom is 0.295 e. The summed E-state index contributed by atoms with van der Waals surface area (Å²) in [5.74, 6) is 0.598. The van der Waals surface area contributed by atoms with Crippen molar-refractivity contribution in [3.8, 4) is 11.5 Å². The van der Waals surface area contributed by atoms with E-state index in [4.69, 9.17) is 13.9 Å². The molecule has 2 amide bonds. The molecular weight excluding hydrogens is 432 g/mol. The van der Waals surface area contributed by atoms with Crippen LogP contribution in [0.5, 0.6) is 11.5 Å². The molecule has 7 heteroatoms. The number of nitrogens with zero attached hydrogens (tertiary/aromatic N) is 1. The number of hydrogen-bond acceptors (Lipinski definition) is 5. The number of furan rings is 1. The quantitative estimate of drug-likeness (QED) is 0.507. The van der Waals surface area contributed by atoms with Gasteiger partial charge in [0, 0.05) is 6.04 Å². The summed E-state index contributed by atoms with van der Waals surface area (Å²) in [6, 6.07) is 15.1. The van der Waals surface area contributed by atoms with Crippen LogP contribution in [0.3, 0.4) is 0 Å². The molecule has 1 saturated carbocycles. The largest absolute Gasteiger partial charge is 0.497 e. The van der Waals surface area contributed by atoms with Gasteiger partial charge >= 0.3 is 0 Å². The van der Waals surface area contributed by atoms with Crippen LogP contribution in [-0.2, 0) is 4.79 Å². The Morgan fingerprint density at radius 2 is 1.76 bits per heavy atom. The highest BCUT2D eigenvalue weighted by Crippen LogP contribution is 2.37. The average Bonchev–Trinajstić information content (AvgIpc) is 3.57. The Hall–Kier alpha value is -3.74. The van der Waals surface area contributed by atoms with Crippen molar-refractivity contribution in [3.05, 3.63) is 77.7 Å². The van der Waals surface area contributed by atoms with Crippen molar-refractivity contribution in [2.75, 3.05) is 19.1 Å². The fourth-order valence-electron chi connectivity index (χ4n) is 4.43. The van der Waals surface area contributed by atoms with Crippen LogP contribution in [0.4, 0.5) is 5.69 Å². The van der Waals surface area contributed by atoms with Gasteiger partial charge in [0.15, 0.2) is 5.76 Å². The van der Waals surface area contributed by atoms with Gasteiger partial charge in [-0.2, -0.15) is 0 Å². The zero-order chi connectivity index (χ0) is 24.1. The third-order valence-corrected chi connectivity index (χ3v) is 6.18. The van der Waals surface area contributed by atoms with Crippen molar-refractivity contribution in [1.82, 2.24) is 5.32 Å². The summed E-state index contributed by atoms with van der Waals surface area (Å²) < 4.78 is 16.4. The maximum absolute atomic E-state index is 13.8. The van der Waals surface area contributed by atoms with Crippen molar-refractivity contribution in [2.24, 2.45) is 0 Å². The van der Waals surface area contributed by atoms with E-state index in [-0.39, 0.29) is 17.7 Å². The molecule has 4 rings (SSSR count). The van der Waals surface area contributed by atoms with E-state index in [0.717, 1.165) is 31.2 Å². The lowest BCUT2D eigenvalue weighted by atomic mass is 10.0. The van der Waals surface area contributed by atoms with Crippen LogP contribution in [0.25, 0.3) is 0 Å². The smallest absolute Gasteiger partial charge is 0.295 e. The van der Waals surface area contributed by atoms with Gasteiger partial charge in [-0.15, -0.1) is 0 Å². The SMILES string of the molecule is COc1ccc([C@@H](C(=O)NC2CCCC2)N(C(=O)c2ccco2)c2cc(C)ccc2OC)cc1. The molecule has 34 heavy (non-hydrogen) atoms. The fraction of sp³-hybridized carbons (Fsp3) is 0.333. The number of nitrogens with one attached hydrogen (secondary N) is 1. The summed E-state index contributed by atoms with van der Waals surface area (Å²) in [6.07, 6.45) is 5.47. The number of rotatable bonds is 8. The Labute approximate surface area is 199 Å². The van der Waals surface area contributed by atoms with E-state index in [1.807, 2.05) is 31.2 Å². The molecule has 1 N–H and O–H groups in total. The summed E-state index contributed by atoms with van der Waals surface area (Å²) in [7, 11) is 3.13. The Morgan fingerprint density at radius 1 is 1.03 bits per heavy atom. The van der Waals surface area contributed by atoms with E-state index in [0.29, 0.717) is 22.7 Å². The molecule has 0 bridgehead atoms. The molecule has 7 nitrogen and oxygen atoms in total. The highest BCUT2D eigenvalue weighted by atomic mass is 16.5. The van der Waals surface area contributed by atoms with Gasteiger partial charge in [-0.1, -0.05) is 31.0 Å². The van der Waals surface area contributed by atoms with E-state index < -0.39 is 11.9 Å². The van der Waals surface area contributed by atoms with Crippen LogP contribution in [0.2, 0.25) is 0 Å². The number of aryl methyl sites for hydroxylation is 1. The van der Waals surface area contributed by atoms with Gasteiger partial charge in [-0.05, 0) is 67.3 Å². The lowest BCUT2D eigenvalue weighted by Crippen LogP contribution is -2.46. The van der Waals surface area contributed by atoms with E-state index >= 15 is 0 Å². The van der Waals surface area contributed by atoms with Gasteiger partial charge in [0.2, 0.25) is 5.91 Å². The van der Waals surface area contributed by atoms with Gasteiger partial charge in [-0.25, -0.2) is 0 Å². The van der Waals surface area contributed by atoms with Crippen LogP contribution < -0.4 is 19.7 Å². The first-order chi connectivity index (χ1) is 16.5. The Balaban J connectivity index is 1.86.